The smallest absolute Gasteiger partial charge is 0.290 e. The highest BCUT2D eigenvalue weighted by Gasteiger charge is 2.28. The highest BCUT2D eigenvalue weighted by atomic mass is 35.5. The van der Waals surface area contributed by atoms with E-state index in [1.165, 1.54) is 4.68 Å². The van der Waals surface area contributed by atoms with Crippen LogP contribution in [0.4, 0.5) is 5.69 Å². The van der Waals surface area contributed by atoms with Crippen LogP contribution in [-0.2, 0) is 24.1 Å². The maximum atomic E-state index is 12.9. The van der Waals surface area contributed by atoms with E-state index in [1.54, 1.807) is 6.20 Å². The lowest BCUT2D eigenvalue weighted by Gasteiger charge is -2.30. The number of nitrogens with zero attached hydrogens (tertiary/aromatic N) is 7. The molecule has 0 saturated carbocycles. The molecule has 0 spiro atoms. The van der Waals surface area contributed by atoms with Crippen molar-refractivity contribution in [1.82, 2.24) is 29.8 Å². The Morgan fingerprint density at radius 1 is 1.33 bits per heavy atom. The summed E-state index contributed by atoms with van der Waals surface area (Å²) in [5.41, 5.74) is 4.56. The van der Waals surface area contributed by atoms with Gasteiger partial charge in [0.15, 0.2) is 6.23 Å². The molecule has 1 saturated heterocycles. The van der Waals surface area contributed by atoms with Crippen LogP contribution in [0.2, 0.25) is 5.02 Å². The summed E-state index contributed by atoms with van der Waals surface area (Å²) in [6.45, 7) is 6.11. The van der Waals surface area contributed by atoms with Crippen LogP contribution in [0.3, 0.4) is 0 Å². The van der Waals surface area contributed by atoms with Crippen LogP contribution >= 0.6 is 11.6 Å². The van der Waals surface area contributed by atoms with Crippen LogP contribution in [0, 0.1) is 0 Å². The minimum absolute atomic E-state index is 0.0427. The van der Waals surface area contributed by atoms with Gasteiger partial charge in [0.05, 0.1) is 30.2 Å². The molecule has 5 rings (SSSR count). The van der Waals surface area contributed by atoms with Crippen molar-refractivity contribution in [3.8, 4) is 0 Å². The Kier molecular flexibility index (Phi) is 6.16. The zero-order chi connectivity index (χ0) is 22.9. The molecule has 2 unspecified atom stereocenters. The van der Waals surface area contributed by atoms with E-state index in [4.69, 9.17) is 16.3 Å². The van der Waals surface area contributed by atoms with Crippen LogP contribution in [0.5, 0.6) is 0 Å². The average molecular weight is 470 g/mol. The fraction of sp³-hybridized carbons (Fsp3) is 0.522. The van der Waals surface area contributed by atoms with E-state index < -0.39 is 0 Å². The van der Waals surface area contributed by atoms with Crippen molar-refractivity contribution in [2.45, 2.75) is 64.8 Å². The fourth-order valence-electron chi connectivity index (χ4n) is 4.78. The predicted octanol–water partition coefficient (Wildman–Crippen LogP) is 3.32. The van der Waals surface area contributed by atoms with E-state index in [9.17, 15) is 4.79 Å². The molecule has 10 heteroatoms. The quantitative estimate of drug-likeness (QED) is 0.566. The molecule has 1 fully saturated rings. The second kappa shape index (κ2) is 9.23. The summed E-state index contributed by atoms with van der Waals surface area (Å²) < 4.78 is 9.09. The molecule has 0 aromatic carbocycles. The van der Waals surface area contributed by atoms with E-state index >= 15 is 0 Å². The summed E-state index contributed by atoms with van der Waals surface area (Å²) in [7, 11) is 0. The second-order valence-electron chi connectivity index (χ2n) is 8.58. The van der Waals surface area contributed by atoms with Crippen LogP contribution in [0.1, 0.15) is 68.0 Å². The maximum absolute atomic E-state index is 12.9. The van der Waals surface area contributed by atoms with Gasteiger partial charge in [-0.1, -0.05) is 29.8 Å². The van der Waals surface area contributed by atoms with Crippen molar-refractivity contribution in [3.05, 3.63) is 62.5 Å². The lowest BCUT2D eigenvalue weighted by Crippen LogP contribution is -2.36. The summed E-state index contributed by atoms with van der Waals surface area (Å²) in [6, 6.07) is 4.11. The number of hydrogen-bond acceptors (Lipinski definition) is 7. The van der Waals surface area contributed by atoms with E-state index in [2.05, 4.69) is 45.2 Å². The van der Waals surface area contributed by atoms with Crippen LogP contribution < -0.4 is 10.5 Å². The van der Waals surface area contributed by atoms with Gasteiger partial charge in [-0.15, -0.1) is 5.10 Å². The minimum atomic E-state index is -0.340. The van der Waals surface area contributed by atoms with Crippen LogP contribution in [-0.4, -0.2) is 42.9 Å². The van der Waals surface area contributed by atoms with Crippen molar-refractivity contribution >= 4 is 17.3 Å². The average Bonchev–Trinajstić information content (AvgIpc) is 3.29. The van der Waals surface area contributed by atoms with Crippen molar-refractivity contribution < 1.29 is 4.74 Å². The highest BCUT2D eigenvalue weighted by molar-refractivity contribution is 6.33. The molecule has 0 N–H and O–H groups in total. The van der Waals surface area contributed by atoms with Gasteiger partial charge in [-0.25, -0.2) is 4.68 Å². The van der Waals surface area contributed by atoms with Gasteiger partial charge < -0.3 is 9.64 Å². The van der Waals surface area contributed by atoms with Gasteiger partial charge in [-0.2, -0.15) is 9.78 Å². The van der Waals surface area contributed by atoms with Crippen molar-refractivity contribution in [2.75, 3.05) is 18.1 Å². The zero-order valence-electron chi connectivity index (χ0n) is 18.9. The van der Waals surface area contributed by atoms with Gasteiger partial charge in [0, 0.05) is 31.5 Å². The Morgan fingerprint density at radius 3 is 3.00 bits per heavy atom. The Bertz CT molecular complexity index is 1200. The Morgan fingerprint density at radius 2 is 2.21 bits per heavy atom. The summed E-state index contributed by atoms with van der Waals surface area (Å²) in [6.07, 6.45) is 7.57. The fourth-order valence-corrected chi connectivity index (χ4v) is 5.04. The van der Waals surface area contributed by atoms with E-state index in [0.717, 1.165) is 54.7 Å². The van der Waals surface area contributed by atoms with Gasteiger partial charge >= 0.3 is 0 Å². The molecule has 2 aliphatic heterocycles. The molecule has 0 amide bonds. The van der Waals surface area contributed by atoms with Crippen LogP contribution in [0.25, 0.3) is 0 Å². The van der Waals surface area contributed by atoms with Gasteiger partial charge in [-0.05, 0) is 44.2 Å². The van der Waals surface area contributed by atoms with Crippen molar-refractivity contribution in [1.29, 1.82) is 0 Å². The number of hydrogen-bond donors (Lipinski definition) is 0. The number of aromatic nitrogens is 6. The van der Waals surface area contributed by atoms with Gasteiger partial charge in [0.25, 0.3) is 5.56 Å². The number of anilines is 1. The number of halogens is 1. The number of pyridine rings is 1. The lowest BCUT2D eigenvalue weighted by atomic mass is 10.0. The molecule has 3 aromatic heterocycles. The molecular weight excluding hydrogens is 442 g/mol. The van der Waals surface area contributed by atoms with Crippen molar-refractivity contribution in [2.24, 2.45) is 0 Å². The molecule has 0 bridgehead atoms. The molecule has 9 nitrogen and oxygen atoms in total. The first kappa shape index (κ1) is 22.0. The van der Waals surface area contributed by atoms with E-state index in [0.29, 0.717) is 25.4 Å². The second-order valence-corrected chi connectivity index (χ2v) is 8.96. The SMILES string of the molecule is CCc1ncccc1C(C)n1nnc2c1CCN(c1cnn(C3CCCCO3)c(=O)c1Cl)C2. The summed E-state index contributed by atoms with van der Waals surface area (Å²) >= 11 is 6.53. The molecule has 5 heterocycles. The monoisotopic (exact) mass is 469 g/mol. The number of rotatable bonds is 5. The molecule has 3 aromatic rings. The van der Waals surface area contributed by atoms with Gasteiger partial charge in [0.2, 0.25) is 0 Å². The lowest BCUT2D eigenvalue weighted by molar-refractivity contribution is -0.0424. The third kappa shape index (κ3) is 4.04. The number of ether oxygens (including phenoxy) is 1. The maximum Gasteiger partial charge on any atom is 0.290 e. The largest absolute Gasteiger partial charge is 0.362 e. The first-order valence-corrected chi connectivity index (χ1v) is 12.0. The zero-order valence-corrected chi connectivity index (χ0v) is 19.7. The standard InChI is InChI=1S/C23H28ClN7O2/c1-3-17-16(7-6-10-25-17)15(2)30-19-9-11-29(14-18(19)27-28-30)20-13-26-31(23(32)22(20)24)21-8-4-5-12-33-21/h6-7,10,13,15,21H,3-5,8-9,11-12,14H2,1-2H3. The summed E-state index contributed by atoms with van der Waals surface area (Å²) in [5, 5.41) is 13.5. The first-order valence-electron chi connectivity index (χ1n) is 11.6. The molecule has 174 valence electrons. The third-order valence-corrected chi connectivity index (χ3v) is 6.96. The van der Waals surface area contributed by atoms with Gasteiger partial charge in [0.1, 0.15) is 10.7 Å². The van der Waals surface area contributed by atoms with Gasteiger partial charge in [-0.3, -0.25) is 9.78 Å². The molecular formula is C23H28ClN7O2. The molecule has 33 heavy (non-hydrogen) atoms. The minimum Gasteiger partial charge on any atom is -0.362 e. The van der Waals surface area contributed by atoms with E-state index in [-0.39, 0.29) is 22.9 Å². The number of aryl methyl sites for hydroxylation is 1. The van der Waals surface area contributed by atoms with Crippen molar-refractivity contribution in [3.63, 3.8) is 0 Å². The Hall–Kier alpha value is -2.78. The molecule has 2 aliphatic rings. The van der Waals surface area contributed by atoms with Crippen LogP contribution in [0.15, 0.2) is 29.3 Å². The number of fused-ring (bicyclic) bond motifs is 1. The molecule has 0 aliphatic carbocycles. The topological polar surface area (TPSA) is 91.0 Å². The highest BCUT2D eigenvalue weighted by Crippen LogP contribution is 2.30. The third-order valence-electron chi connectivity index (χ3n) is 6.60. The normalized spacial score (nSPS) is 19.4. The molecule has 2 atom stereocenters. The Labute approximate surface area is 197 Å². The Balaban J connectivity index is 1.39. The summed E-state index contributed by atoms with van der Waals surface area (Å²) in [5.74, 6) is 0. The van der Waals surface area contributed by atoms with E-state index in [1.807, 2.05) is 16.9 Å². The predicted molar refractivity (Wildman–Crippen MR) is 125 cm³/mol. The molecule has 0 radical (unpaired) electrons. The first-order chi connectivity index (χ1) is 16.1. The summed E-state index contributed by atoms with van der Waals surface area (Å²) in [4.78, 5) is 19.5.